The van der Waals surface area contributed by atoms with Crippen molar-refractivity contribution in [2.75, 3.05) is 0 Å². The lowest BCUT2D eigenvalue weighted by molar-refractivity contribution is 0.498. The van der Waals surface area contributed by atoms with Gasteiger partial charge >= 0.3 is 5.69 Å². The topological polar surface area (TPSA) is 68.0 Å². The first-order chi connectivity index (χ1) is 9.72. The van der Waals surface area contributed by atoms with Gasteiger partial charge in [-0.2, -0.15) is 0 Å². The molecule has 3 aromatic rings. The van der Waals surface area contributed by atoms with Crippen molar-refractivity contribution >= 4 is 0 Å². The molecule has 3 rings (SSSR count). The fraction of sp³-hybridized carbons (Fsp3) is 0.0667. The third-order valence-electron chi connectivity index (χ3n) is 2.94. The molecule has 0 saturated heterocycles. The molecule has 0 saturated carbocycles. The van der Waals surface area contributed by atoms with Gasteiger partial charge in [-0.15, -0.1) is 0 Å². The number of rotatable bonds is 3. The molecule has 0 atom stereocenters. The lowest BCUT2D eigenvalue weighted by Gasteiger charge is -2.01. The summed E-state index contributed by atoms with van der Waals surface area (Å²) in [5.41, 5.74) is 0.124. The van der Waals surface area contributed by atoms with Crippen LogP contribution in [-0.4, -0.2) is 9.55 Å². The molecule has 2 heterocycles. The normalized spacial score (nSPS) is 10.6. The Morgan fingerprint density at radius 3 is 2.55 bits per heavy atom. The number of hydrogen-bond donors (Lipinski definition) is 1. The fourth-order valence-corrected chi connectivity index (χ4v) is 1.96. The molecule has 0 unspecified atom stereocenters. The van der Waals surface area contributed by atoms with Gasteiger partial charge in [0.1, 0.15) is 11.5 Å². The predicted molar refractivity (Wildman–Crippen MR) is 74.6 cm³/mol. The molecule has 5 heteroatoms. The maximum atomic E-state index is 11.6. The second-order valence-corrected chi connectivity index (χ2v) is 4.37. The molecule has 0 aliphatic heterocycles. The summed E-state index contributed by atoms with van der Waals surface area (Å²) in [5.74, 6) is 1.40. The van der Waals surface area contributed by atoms with Crippen molar-refractivity contribution in [2.24, 2.45) is 0 Å². The van der Waals surface area contributed by atoms with Gasteiger partial charge in [-0.05, 0) is 12.1 Å². The standard InChI is InChI=1S/C15H12N2O3/c18-14-8-9-17(15(19)16-14)10-12-6-7-13(20-12)11-4-2-1-3-5-11/h1-9H,10H2,(H,16,18,19). The number of benzene rings is 1. The predicted octanol–water partition coefficient (Wildman–Crippen LogP) is 1.84. The average molecular weight is 268 g/mol. The Kier molecular flexibility index (Phi) is 3.09. The molecular formula is C15H12N2O3. The number of hydrogen-bond acceptors (Lipinski definition) is 3. The first kappa shape index (κ1) is 12.2. The summed E-state index contributed by atoms with van der Waals surface area (Å²) in [6.45, 7) is 0.280. The summed E-state index contributed by atoms with van der Waals surface area (Å²) < 4.78 is 7.09. The summed E-state index contributed by atoms with van der Waals surface area (Å²) in [4.78, 5) is 24.8. The number of H-pyrrole nitrogens is 1. The molecule has 0 aliphatic rings. The van der Waals surface area contributed by atoms with Crippen LogP contribution in [0.3, 0.4) is 0 Å². The van der Waals surface area contributed by atoms with Gasteiger partial charge in [-0.3, -0.25) is 14.3 Å². The minimum atomic E-state index is -0.449. The molecule has 5 nitrogen and oxygen atoms in total. The van der Waals surface area contributed by atoms with Gasteiger partial charge < -0.3 is 4.42 Å². The second kappa shape index (κ2) is 5.05. The van der Waals surface area contributed by atoms with E-state index in [0.717, 1.165) is 11.3 Å². The van der Waals surface area contributed by atoms with E-state index in [1.807, 2.05) is 42.5 Å². The maximum absolute atomic E-state index is 11.6. The largest absolute Gasteiger partial charge is 0.459 e. The molecule has 0 fully saturated rings. The van der Waals surface area contributed by atoms with Crippen molar-refractivity contribution in [3.05, 3.63) is 81.3 Å². The average Bonchev–Trinajstić information content (AvgIpc) is 2.92. The van der Waals surface area contributed by atoms with Crippen LogP contribution in [-0.2, 0) is 6.54 Å². The Bertz CT molecular complexity index is 828. The van der Waals surface area contributed by atoms with Gasteiger partial charge in [0, 0.05) is 17.8 Å². The van der Waals surface area contributed by atoms with Crippen LogP contribution < -0.4 is 11.2 Å². The highest BCUT2D eigenvalue weighted by Gasteiger charge is 2.06. The van der Waals surface area contributed by atoms with Crippen molar-refractivity contribution in [3.8, 4) is 11.3 Å². The Morgan fingerprint density at radius 2 is 1.80 bits per heavy atom. The van der Waals surface area contributed by atoms with E-state index in [0.29, 0.717) is 5.76 Å². The summed E-state index contributed by atoms with van der Waals surface area (Å²) in [6.07, 6.45) is 1.45. The van der Waals surface area contributed by atoms with E-state index in [1.165, 1.54) is 16.8 Å². The molecule has 2 aromatic heterocycles. The SMILES string of the molecule is O=c1ccn(Cc2ccc(-c3ccccc3)o2)c(=O)[nH]1. The third-order valence-corrected chi connectivity index (χ3v) is 2.94. The van der Waals surface area contributed by atoms with E-state index in [2.05, 4.69) is 4.98 Å². The van der Waals surface area contributed by atoms with E-state index in [1.54, 1.807) is 0 Å². The molecular weight excluding hydrogens is 256 g/mol. The van der Waals surface area contributed by atoms with Crippen LogP contribution >= 0.6 is 0 Å². The van der Waals surface area contributed by atoms with Crippen molar-refractivity contribution in [3.63, 3.8) is 0 Å². The first-order valence-electron chi connectivity index (χ1n) is 6.16. The van der Waals surface area contributed by atoms with Gasteiger partial charge in [0.05, 0.1) is 6.54 Å². The first-order valence-corrected chi connectivity index (χ1v) is 6.16. The highest BCUT2D eigenvalue weighted by atomic mass is 16.3. The van der Waals surface area contributed by atoms with Crippen molar-refractivity contribution < 1.29 is 4.42 Å². The number of aromatic nitrogens is 2. The van der Waals surface area contributed by atoms with Crippen molar-refractivity contribution in [2.45, 2.75) is 6.54 Å². The minimum Gasteiger partial charge on any atom is -0.459 e. The van der Waals surface area contributed by atoms with Gasteiger partial charge in [0.25, 0.3) is 5.56 Å². The molecule has 0 radical (unpaired) electrons. The Labute approximate surface area is 114 Å². The van der Waals surface area contributed by atoms with Crippen molar-refractivity contribution in [1.82, 2.24) is 9.55 Å². The van der Waals surface area contributed by atoms with E-state index < -0.39 is 11.2 Å². The summed E-state index contributed by atoms with van der Waals surface area (Å²) in [5, 5.41) is 0. The Hall–Kier alpha value is -2.82. The van der Waals surface area contributed by atoms with Crippen LogP contribution in [0.25, 0.3) is 11.3 Å². The van der Waals surface area contributed by atoms with Gasteiger partial charge in [-0.1, -0.05) is 30.3 Å². The second-order valence-electron chi connectivity index (χ2n) is 4.37. The van der Waals surface area contributed by atoms with Crippen LogP contribution in [0.15, 0.2) is 68.7 Å². The van der Waals surface area contributed by atoms with Crippen LogP contribution in [0.2, 0.25) is 0 Å². The number of furan rings is 1. The van der Waals surface area contributed by atoms with E-state index >= 15 is 0 Å². The van der Waals surface area contributed by atoms with Crippen LogP contribution in [0.4, 0.5) is 0 Å². The smallest absolute Gasteiger partial charge is 0.328 e. The Balaban J connectivity index is 1.88. The fourth-order valence-electron chi connectivity index (χ4n) is 1.96. The molecule has 1 N–H and O–H groups in total. The third kappa shape index (κ3) is 2.47. The molecule has 1 aromatic carbocycles. The zero-order valence-corrected chi connectivity index (χ0v) is 10.6. The molecule has 0 bridgehead atoms. The lowest BCUT2D eigenvalue weighted by atomic mass is 10.2. The molecule has 0 amide bonds. The molecule has 100 valence electrons. The number of nitrogens with zero attached hydrogens (tertiary/aromatic N) is 1. The number of nitrogens with one attached hydrogen (secondary N) is 1. The van der Waals surface area contributed by atoms with E-state index in [-0.39, 0.29) is 6.54 Å². The quantitative estimate of drug-likeness (QED) is 0.788. The zero-order chi connectivity index (χ0) is 13.9. The van der Waals surface area contributed by atoms with E-state index in [4.69, 9.17) is 4.42 Å². The summed E-state index contributed by atoms with van der Waals surface area (Å²) >= 11 is 0. The van der Waals surface area contributed by atoms with Gasteiger partial charge in [0.15, 0.2) is 0 Å². The summed E-state index contributed by atoms with van der Waals surface area (Å²) in [7, 11) is 0. The van der Waals surface area contributed by atoms with Crippen LogP contribution in [0, 0.1) is 0 Å². The highest BCUT2D eigenvalue weighted by Crippen LogP contribution is 2.21. The zero-order valence-electron chi connectivity index (χ0n) is 10.6. The summed E-state index contributed by atoms with van der Waals surface area (Å²) in [6, 6.07) is 14.7. The molecule has 0 spiro atoms. The van der Waals surface area contributed by atoms with Crippen molar-refractivity contribution in [1.29, 1.82) is 0 Å². The van der Waals surface area contributed by atoms with Gasteiger partial charge in [-0.25, -0.2) is 4.79 Å². The molecule has 0 aliphatic carbocycles. The van der Waals surface area contributed by atoms with Gasteiger partial charge in [0.2, 0.25) is 0 Å². The molecule has 20 heavy (non-hydrogen) atoms. The monoisotopic (exact) mass is 268 g/mol. The van der Waals surface area contributed by atoms with E-state index in [9.17, 15) is 9.59 Å². The van der Waals surface area contributed by atoms with Crippen LogP contribution in [0.5, 0.6) is 0 Å². The highest BCUT2D eigenvalue weighted by molar-refractivity contribution is 5.57. The van der Waals surface area contributed by atoms with Crippen LogP contribution in [0.1, 0.15) is 5.76 Å². The lowest BCUT2D eigenvalue weighted by Crippen LogP contribution is -2.28. The number of aromatic amines is 1. The maximum Gasteiger partial charge on any atom is 0.328 e. The minimum absolute atomic E-state index is 0.280. The Morgan fingerprint density at radius 1 is 1.00 bits per heavy atom.